The molecule has 1 aromatic heterocycles. The van der Waals surface area contributed by atoms with Crippen molar-refractivity contribution in [2.45, 2.75) is 32.1 Å². The van der Waals surface area contributed by atoms with Crippen molar-refractivity contribution in [2.24, 2.45) is 0 Å². The lowest BCUT2D eigenvalue weighted by Crippen LogP contribution is -2.32. The minimum Gasteiger partial charge on any atom is -0.352 e. The Morgan fingerprint density at radius 3 is 2.88 bits per heavy atom. The normalized spacial score (nSPS) is 13.9. The van der Waals surface area contributed by atoms with E-state index in [9.17, 15) is 9.59 Å². The summed E-state index contributed by atoms with van der Waals surface area (Å²) in [6.07, 6.45) is 4.31. The van der Waals surface area contributed by atoms with Crippen molar-refractivity contribution in [3.63, 3.8) is 0 Å². The Morgan fingerprint density at radius 1 is 1.17 bits per heavy atom. The van der Waals surface area contributed by atoms with Crippen molar-refractivity contribution in [1.29, 1.82) is 0 Å². The van der Waals surface area contributed by atoms with Gasteiger partial charge in [-0.2, -0.15) is 11.3 Å². The van der Waals surface area contributed by atoms with Crippen LogP contribution in [-0.2, 0) is 11.2 Å². The molecule has 0 bridgehead atoms. The number of anilines is 1. The Morgan fingerprint density at radius 2 is 2.04 bits per heavy atom. The number of amides is 2. The van der Waals surface area contributed by atoms with Crippen LogP contribution in [-0.4, -0.2) is 24.9 Å². The molecule has 3 rings (SSSR count). The highest BCUT2D eigenvalue weighted by molar-refractivity contribution is 7.08. The first-order valence-electron chi connectivity index (χ1n) is 8.44. The molecule has 24 heavy (non-hydrogen) atoms. The molecule has 0 aliphatic carbocycles. The number of nitrogens with zero attached hydrogens (tertiary/aromatic N) is 1. The predicted octanol–water partition coefficient (Wildman–Crippen LogP) is 3.63. The van der Waals surface area contributed by atoms with Gasteiger partial charge in [-0.15, -0.1) is 0 Å². The Bertz CT molecular complexity index is 697. The highest BCUT2D eigenvalue weighted by atomic mass is 32.1. The minimum absolute atomic E-state index is 0.0659. The number of hydrogen-bond donors (Lipinski definition) is 1. The summed E-state index contributed by atoms with van der Waals surface area (Å²) in [6.45, 7) is 1.31. The van der Waals surface area contributed by atoms with Gasteiger partial charge >= 0.3 is 0 Å². The molecule has 0 unspecified atom stereocenters. The summed E-state index contributed by atoms with van der Waals surface area (Å²) in [5.41, 5.74) is 3.00. The van der Waals surface area contributed by atoms with E-state index in [0.29, 0.717) is 24.9 Å². The van der Waals surface area contributed by atoms with Gasteiger partial charge in [0.1, 0.15) is 0 Å². The predicted molar refractivity (Wildman–Crippen MR) is 97.6 cm³/mol. The molecule has 0 spiro atoms. The summed E-state index contributed by atoms with van der Waals surface area (Å²) < 4.78 is 0. The topological polar surface area (TPSA) is 49.4 Å². The Balaban J connectivity index is 1.51. The number of para-hydroxylation sites is 1. The third kappa shape index (κ3) is 4.03. The Labute approximate surface area is 146 Å². The van der Waals surface area contributed by atoms with Crippen LogP contribution >= 0.6 is 11.3 Å². The van der Waals surface area contributed by atoms with E-state index in [0.717, 1.165) is 31.5 Å². The molecule has 4 nitrogen and oxygen atoms in total. The van der Waals surface area contributed by atoms with Crippen LogP contribution in [0.2, 0.25) is 0 Å². The maximum Gasteiger partial charge on any atom is 0.252 e. The number of nitrogens with one attached hydrogen (secondary N) is 1. The van der Waals surface area contributed by atoms with Gasteiger partial charge in [-0.25, -0.2) is 0 Å². The van der Waals surface area contributed by atoms with Gasteiger partial charge in [-0.05, 0) is 48.8 Å². The SMILES string of the molecule is O=C(NCCCC(=O)N1CCCCc2ccccc21)c1ccsc1. The van der Waals surface area contributed by atoms with Crippen LogP contribution in [0, 0.1) is 0 Å². The van der Waals surface area contributed by atoms with Crippen molar-refractivity contribution in [3.05, 3.63) is 52.2 Å². The van der Waals surface area contributed by atoms with Crippen LogP contribution in [0.25, 0.3) is 0 Å². The van der Waals surface area contributed by atoms with Gasteiger partial charge in [0, 0.05) is 36.1 Å². The molecule has 126 valence electrons. The van der Waals surface area contributed by atoms with Crippen molar-refractivity contribution in [1.82, 2.24) is 5.32 Å². The Kier molecular flexibility index (Phi) is 5.64. The fourth-order valence-corrected chi connectivity index (χ4v) is 3.66. The lowest BCUT2D eigenvalue weighted by atomic mass is 10.1. The van der Waals surface area contributed by atoms with E-state index in [1.807, 2.05) is 33.9 Å². The molecule has 0 saturated heterocycles. The molecule has 5 heteroatoms. The molecule has 1 aliphatic heterocycles. The summed E-state index contributed by atoms with van der Waals surface area (Å²) in [5.74, 6) is 0.0814. The summed E-state index contributed by atoms with van der Waals surface area (Å²) in [6, 6.07) is 9.98. The van der Waals surface area contributed by atoms with E-state index in [1.54, 1.807) is 6.07 Å². The zero-order valence-electron chi connectivity index (χ0n) is 13.7. The monoisotopic (exact) mass is 342 g/mol. The lowest BCUT2D eigenvalue weighted by molar-refractivity contribution is -0.118. The largest absolute Gasteiger partial charge is 0.352 e. The molecule has 2 aromatic rings. The second kappa shape index (κ2) is 8.11. The second-order valence-electron chi connectivity index (χ2n) is 6.00. The smallest absolute Gasteiger partial charge is 0.252 e. The molecule has 0 fully saturated rings. The van der Waals surface area contributed by atoms with Crippen LogP contribution < -0.4 is 10.2 Å². The molecule has 1 aliphatic rings. The van der Waals surface area contributed by atoms with Crippen molar-refractivity contribution in [3.8, 4) is 0 Å². The molecule has 1 N–H and O–H groups in total. The molecule has 0 radical (unpaired) electrons. The third-order valence-electron chi connectivity index (χ3n) is 4.30. The van der Waals surface area contributed by atoms with Gasteiger partial charge in [-0.1, -0.05) is 18.2 Å². The number of fused-ring (bicyclic) bond motifs is 1. The van der Waals surface area contributed by atoms with Gasteiger partial charge in [0.2, 0.25) is 5.91 Å². The van der Waals surface area contributed by atoms with E-state index >= 15 is 0 Å². The third-order valence-corrected chi connectivity index (χ3v) is 4.98. The second-order valence-corrected chi connectivity index (χ2v) is 6.78. The number of carbonyl (C=O) groups excluding carboxylic acids is 2. The minimum atomic E-state index is -0.0659. The van der Waals surface area contributed by atoms with Gasteiger partial charge in [-0.3, -0.25) is 9.59 Å². The summed E-state index contributed by atoms with van der Waals surface area (Å²) in [4.78, 5) is 26.4. The van der Waals surface area contributed by atoms with Crippen LogP contribution in [0.15, 0.2) is 41.1 Å². The van der Waals surface area contributed by atoms with Gasteiger partial charge in [0.05, 0.1) is 0 Å². The first-order chi connectivity index (χ1) is 11.8. The van der Waals surface area contributed by atoms with Gasteiger partial charge < -0.3 is 10.2 Å². The first-order valence-corrected chi connectivity index (χ1v) is 9.38. The fourth-order valence-electron chi connectivity index (χ4n) is 3.02. The average Bonchev–Trinajstić information content (AvgIpc) is 3.05. The average molecular weight is 342 g/mol. The highest BCUT2D eigenvalue weighted by Crippen LogP contribution is 2.26. The van der Waals surface area contributed by atoms with Gasteiger partial charge in [0.15, 0.2) is 0 Å². The van der Waals surface area contributed by atoms with E-state index in [4.69, 9.17) is 0 Å². The van der Waals surface area contributed by atoms with Crippen molar-refractivity contribution >= 4 is 28.8 Å². The van der Waals surface area contributed by atoms with Crippen LogP contribution in [0.4, 0.5) is 5.69 Å². The summed E-state index contributed by atoms with van der Waals surface area (Å²) in [7, 11) is 0. The van der Waals surface area contributed by atoms with E-state index < -0.39 is 0 Å². The standard InChI is InChI=1S/C19H22N2O2S/c22-18(9-5-11-20-19(23)16-10-13-24-14-16)21-12-4-3-7-15-6-1-2-8-17(15)21/h1-2,6,8,10,13-14H,3-5,7,9,11-12H2,(H,20,23). The zero-order chi connectivity index (χ0) is 16.8. The number of aryl methyl sites for hydroxylation is 1. The molecule has 0 atom stereocenters. The summed E-state index contributed by atoms with van der Waals surface area (Å²) in [5, 5.41) is 6.58. The molecular weight excluding hydrogens is 320 g/mol. The van der Waals surface area contributed by atoms with Gasteiger partial charge in [0.25, 0.3) is 5.91 Å². The van der Waals surface area contributed by atoms with E-state index in [1.165, 1.54) is 16.9 Å². The number of rotatable bonds is 5. The molecule has 2 heterocycles. The summed E-state index contributed by atoms with van der Waals surface area (Å²) >= 11 is 1.50. The Hall–Kier alpha value is -2.14. The molecular formula is C19H22N2O2S. The maximum absolute atomic E-state index is 12.6. The van der Waals surface area contributed by atoms with Crippen LogP contribution in [0.1, 0.15) is 41.6 Å². The number of hydrogen-bond acceptors (Lipinski definition) is 3. The zero-order valence-corrected chi connectivity index (χ0v) is 14.5. The number of carbonyl (C=O) groups is 2. The first kappa shape index (κ1) is 16.7. The molecule has 0 saturated carbocycles. The number of thiophene rings is 1. The van der Waals surface area contributed by atoms with Crippen molar-refractivity contribution in [2.75, 3.05) is 18.0 Å². The highest BCUT2D eigenvalue weighted by Gasteiger charge is 2.20. The quantitative estimate of drug-likeness (QED) is 0.844. The molecule has 1 aromatic carbocycles. The van der Waals surface area contributed by atoms with E-state index in [2.05, 4.69) is 11.4 Å². The van der Waals surface area contributed by atoms with E-state index in [-0.39, 0.29) is 11.8 Å². The lowest BCUT2D eigenvalue weighted by Gasteiger charge is -2.23. The molecule has 2 amide bonds. The van der Waals surface area contributed by atoms with Crippen LogP contribution in [0.3, 0.4) is 0 Å². The maximum atomic E-state index is 12.6. The fraction of sp³-hybridized carbons (Fsp3) is 0.368. The van der Waals surface area contributed by atoms with Crippen molar-refractivity contribution < 1.29 is 9.59 Å². The number of benzene rings is 1. The van der Waals surface area contributed by atoms with Crippen LogP contribution in [0.5, 0.6) is 0 Å².